The number of nitrogens with zero attached hydrogens (tertiary/aromatic N) is 1. The van der Waals surface area contributed by atoms with E-state index >= 15 is 0 Å². The molecule has 0 heterocycles. The summed E-state index contributed by atoms with van der Waals surface area (Å²) in [5, 5.41) is 12.0. The molecule has 6 heteroatoms. The molecule has 0 amide bonds. The van der Waals surface area contributed by atoms with Crippen molar-refractivity contribution in [2.45, 2.75) is 51.2 Å². The Kier molecular flexibility index (Phi) is 8.85. The molecule has 0 saturated heterocycles. The Morgan fingerprint density at radius 2 is 1.80 bits per heavy atom. The molecule has 0 saturated carbocycles. The molecule has 164 valence electrons. The number of ether oxygens (including phenoxy) is 1. The summed E-state index contributed by atoms with van der Waals surface area (Å²) in [6.45, 7) is 8.70. The van der Waals surface area contributed by atoms with E-state index in [2.05, 4.69) is 41.6 Å². The number of rotatable bonds is 10. The van der Waals surface area contributed by atoms with E-state index in [4.69, 9.17) is 9.57 Å². The summed E-state index contributed by atoms with van der Waals surface area (Å²) in [7, 11) is 1.72. The minimum Gasteiger partial charge on any atom is -0.392 e. The van der Waals surface area contributed by atoms with Crippen LogP contribution in [-0.4, -0.2) is 48.0 Å². The molecule has 0 fully saturated rings. The van der Waals surface area contributed by atoms with Crippen molar-refractivity contribution in [1.29, 1.82) is 0 Å². The third kappa shape index (κ3) is 7.04. The standard InChI is InChI=1S/C24H32INO4/c1-18(27)24(4,20-12-9-13-21(25)16-20)14-15-29-23(2,3)17-26(5)30-22(28)19-10-7-6-8-11-19/h6-13,16,18,27H,14-15,17H2,1-5H3. The van der Waals surface area contributed by atoms with E-state index in [0.717, 1.165) is 9.13 Å². The Balaban J connectivity index is 1.92. The number of carbonyl (C=O) groups is 1. The lowest BCUT2D eigenvalue weighted by Gasteiger charge is -2.35. The van der Waals surface area contributed by atoms with Crippen LogP contribution in [0.5, 0.6) is 0 Å². The Morgan fingerprint density at radius 1 is 1.13 bits per heavy atom. The van der Waals surface area contributed by atoms with Crippen molar-refractivity contribution in [3.63, 3.8) is 0 Å². The number of carbonyl (C=O) groups excluding carboxylic acids is 1. The lowest BCUT2D eigenvalue weighted by Crippen LogP contribution is -2.42. The smallest absolute Gasteiger partial charge is 0.357 e. The third-order valence-electron chi connectivity index (χ3n) is 5.37. The number of aliphatic hydroxyl groups is 1. The van der Waals surface area contributed by atoms with Gasteiger partial charge in [0.2, 0.25) is 0 Å². The number of likely N-dealkylation sites (N-methyl/N-ethyl adjacent to an activating group) is 1. The van der Waals surface area contributed by atoms with E-state index < -0.39 is 23.1 Å². The summed E-state index contributed by atoms with van der Waals surface area (Å²) in [6, 6.07) is 17.1. The highest BCUT2D eigenvalue weighted by Crippen LogP contribution is 2.33. The fourth-order valence-electron chi connectivity index (χ4n) is 3.36. The second kappa shape index (κ2) is 10.7. The minimum atomic E-state index is -0.531. The SMILES string of the molecule is CC(O)C(C)(CCOC(C)(C)CN(C)OC(=O)c1ccccc1)c1cccc(I)c1. The number of hydrogen-bond acceptors (Lipinski definition) is 5. The van der Waals surface area contributed by atoms with Crippen LogP contribution in [0.3, 0.4) is 0 Å². The molecule has 30 heavy (non-hydrogen) atoms. The third-order valence-corrected chi connectivity index (χ3v) is 6.04. The molecule has 0 radical (unpaired) electrons. The number of aliphatic hydroxyl groups excluding tert-OH is 1. The van der Waals surface area contributed by atoms with Gasteiger partial charge in [0.15, 0.2) is 0 Å². The molecule has 2 aromatic carbocycles. The van der Waals surface area contributed by atoms with Crippen LogP contribution in [0.15, 0.2) is 54.6 Å². The van der Waals surface area contributed by atoms with Gasteiger partial charge in [0.25, 0.3) is 0 Å². The van der Waals surface area contributed by atoms with Gasteiger partial charge in [-0.25, -0.2) is 4.79 Å². The van der Waals surface area contributed by atoms with Gasteiger partial charge in [-0.05, 0) is 79.6 Å². The van der Waals surface area contributed by atoms with Gasteiger partial charge < -0.3 is 14.7 Å². The highest BCUT2D eigenvalue weighted by atomic mass is 127. The molecule has 2 unspecified atom stereocenters. The summed E-state index contributed by atoms with van der Waals surface area (Å²) < 4.78 is 7.28. The van der Waals surface area contributed by atoms with E-state index in [1.165, 1.54) is 5.06 Å². The number of halogens is 1. The van der Waals surface area contributed by atoms with Crippen molar-refractivity contribution in [1.82, 2.24) is 5.06 Å². The normalized spacial score (nSPS) is 14.9. The molecular weight excluding hydrogens is 493 g/mol. The first-order chi connectivity index (χ1) is 14.0. The van der Waals surface area contributed by atoms with Crippen LogP contribution in [0, 0.1) is 3.57 Å². The van der Waals surface area contributed by atoms with Gasteiger partial charge in [-0.2, -0.15) is 0 Å². The topological polar surface area (TPSA) is 59.0 Å². The van der Waals surface area contributed by atoms with Crippen molar-refractivity contribution in [3.05, 3.63) is 69.3 Å². The van der Waals surface area contributed by atoms with Crippen LogP contribution >= 0.6 is 22.6 Å². The molecule has 0 aromatic heterocycles. The van der Waals surface area contributed by atoms with Crippen molar-refractivity contribution in [2.75, 3.05) is 20.2 Å². The summed E-state index contributed by atoms with van der Waals surface area (Å²) >= 11 is 2.29. The lowest BCUT2D eigenvalue weighted by atomic mass is 9.75. The van der Waals surface area contributed by atoms with Gasteiger partial charge in [-0.3, -0.25) is 0 Å². The van der Waals surface area contributed by atoms with E-state index in [0.29, 0.717) is 25.1 Å². The Hall–Kier alpha value is -1.48. The van der Waals surface area contributed by atoms with Crippen LogP contribution < -0.4 is 0 Å². The summed E-state index contributed by atoms with van der Waals surface area (Å²) in [5.41, 5.74) is 0.660. The maximum atomic E-state index is 12.2. The second-order valence-electron chi connectivity index (χ2n) is 8.49. The van der Waals surface area contributed by atoms with Gasteiger partial charge in [0.05, 0.1) is 23.8 Å². The molecule has 1 N–H and O–H groups in total. The molecule has 2 rings (SSSR count). The predicted octanol–water partition coefficient (Wildman–Crippen LogP) is 4.82. The zero-order chi connectivity index (χ0) is 22.4. The largest absolute Gasteiger partial charge is 0.392 e. The number of hydrogen-bond donors (Lipinski definition) is 1. The van der Waals surface area contributed by atoms with Crippen molar-refractivity contribution in [3.8, 4) is 0 Å². The fourth-order valence-corrected chi connectivity index (χ4v) is 3.90. The van der Waals surface area contributed by atoms with E-state index in [-0.39, 0.29) is 0 Å². The zero-order valence-electron chi connectivity index (χ0n) is 18.4. The van der Waals surface area contributed by atoms with Crippen LogP contribution in [-0.2, 0) is 15.0 Å². The average molecular weight is 525 g/mol. The Morgan fingerprint density at radius 3 is 2.40 bits per heavy atom. The first-order valence-corrected chi connectivity index (χ1v) is 11.2. The molecule has 5 nitrogen and oxygen atoms in total. The molecule has 0 aliphatic rings. The van der Waals surface area contributed by atoms with E-state index in [9.17, 15) is 9.90 Å². The Labute approximate surface area is 193 Å². The van der Waals surface area contributed by atoms with E-state index in [1.807, 2.05) is 39.0 Å². The number of benzene rings is 2. The number of hydroxylamine groups is 2. The highest BCUT2D eigenvalue weighted by molar-refractivity contribution is 14.1. The molecule has 0 spiro atoms. The fraction of sp³-hybridized carbons (Fsp3) is 0.458. The van der Waals surface area contributed by atoms with Crippen LogP contribution in [0.25, 0.3) is 0 Å². The van der Waals surface area contributed by atoms with Crippen LogP contribution in [0.2, 0.25) is 0 Å². The van der Waals surface area contributed by atoms with Crippen LogP contribution in [0.1, 0.15) is 50.0 Å². The van der Waals surface area contributed by atoms with Gasteiger partial charge in [0.1, 0.15) is 0 Å². The average Bonchev–Trinajstić information content (AvgIpc) is 2.67. The first kappa shape index (κ1) is 24.8. The first-order valence-electron chi connectivity index (χ1n) is 10.1. The van der Waals surface area contributed by atoms with E-state index in [1.54, 1.807) is 31.3 Å². The second-order valence-corrected chi connectivity index (χ2v) is 9.74. The van der Waals surface area contributed by atoms with Crippen molar-refractivity contribution >= 4 is 28.6 Å². The van der Waals surface area contributed by atoms with Gasteiger partial charge in [0, 0.05) is 22.6 Å². The monoisotopic (exact) mass is 525 g/mol. The maximum Gasteiger partial charge on any atom is 0.357 e. The van der Waals surface area contributed by atoms with Crippen LogP contribution in [0.4, 0.5) is 0 Å². The summed E-state index contributed by atoms with van der Waals surface area (Å²) in [5.74, 6) is -0.394. The Bertz CT molecular complexity index is 825. The van der Waals surface area contributed by atoms with Gasteiger partial charge in [-0.15, -0.1) is 5.06 Å². The van der Waals surface area contributed by atoms with Crippen molar-refractivity contribution < 1.29 is 19.5 Å². The van der Waals surface area contributed by atoms with Gasteiger partial charge in [-0.1, -0.05) is 37.3 Å². The molecular formula is C24H32INO4. The highest BCUT2D eigenvalue weighted by Gasteiger charge is 2.33. The maximum absolute atomic E-state index is 12.2. The predicted molar refractivity (Wildman–Crippen MR) is 127 cm³/mol. The molecule has 0 aliphatic heterocycles. The van der Waals surface area contributed by atoms with Crippen molar-refractivity contribution in [2.24, 2.45) is 0 Å². The molecule has 2 atom stereocenters. The van der Waals surface area contributed by atoms with Gasteiger partial charge >= 0.3 is 5.97 Å². The molecule has 2 aromatic rings. The quantitative estimate of drug-likeness (QED) is 0.356. The summed E-state index contributed by atoms with van der Waals surface area (Å²) in [4.78, 5) is 17.6. The molecule has 0 aliphatic carbocycles. The lowest BCUT2D eigenvalue weighted by molar-refractivity contribution is -0.141. The molecule has 0 bridgehead atoms. The minimum absolute atomic E-state index is 0.394. The summed E-state index contributed by atoms with van der Waals surface area (Å²) in [6.07, 6.45) is 0.152. The zero-order valence-corrected chi connectivity index (χ0v) is 20.5.